The number of carbonyl (C=O) groups excluding carboxylic acids is 2. The molecular weight excluding hydrogens is 248 g/mol. The number of nitrogens with zero attached hydrogens (tertiary/aromatic N) is 1. The van der Waals surface area contributed by atoms with Gasteiger partial charge in [0.05, 0.1) is 6.04 Å². The Morgan fingerprint density at radius 1 is 1.42 bits per heavy atom. The minimum absolute atomic E-state index is 0.00527. The summed E-state index contributed by atoms with van der Waals surface area (Å²) in [5.74, 6) is -1.15. The maximum absolute atomic E-state index is 12.0. The van der Waals surface area contributed by atoms with E-state index in [9.17, 15) is 19.8 Å². The summed E-state index contributed by atoms with van der Waals surface area (Å²) < 4.78 is 0. The SMILES string of the molecule is CCN1C[C@@H](NC(=O)c2c(O)cccc2O)CC1=O. The second kappa shape index (κ2) is 5.17. The highest BCUT2D eigenvalue weighted by Crippen LogP contribution is 2.26. The van der Waals surface area contributed by atoms with Crippen molar-refractivity contribution >= 4 is 11.8 Å². The average Bonchev–Trinajstić information content (AvgIpc) is 2.69. The van der Waals surface area contributed by atoms with E-state index in [1.165, 1.54) is 18.2 Å². The van der Waals surface area contributed by atoms with Gasteiger partial charge in [-0.15, -0.1) is 0 Å². The first-order valence-corrected chi connectivity index (χ1v) is 6.12. The van der Waals surface area contributed by atoms with Gasteiger partial charge in [-0.1, -0.05) is 6.07 Å². The number of phenolic OH excluding ortho intramolecular Hbond substituents is 2. The quantitative estimate of drug-likeness (QED) is 0.739. The third-order valence-corrected chi connectivity index (χ3v) is 3.18. The van der Waals surface area contributed by atoms with Crippen LogP contribution < -0.4 is 5.32 Å². The molecule has 2 amide bonds. The summed E-state index contributed by atoms with van der Waals surface area (Å²) in [4.78, 5) is 25.2. The van der Waals surface area contributed by atoms with Crippen molar-refractivity contribution in [1.82, 2.24) is 10.2 Å². The number of hydrogen-bond donors (Lipinski definition) is 3. The van der Waals surface area contributed by atoms with Crippen LogP contribution in [0.2, 0.25) is 0 Å². The summed E-state index contributed by atoms with van der Waals surface area (Å²) in [5, 5.41) is 21.8. The van der Waals surface area contributed by atoms with Crippen molar-refractivity contribution in [3.63, 3.8) is 0 Å². The predicted molar refractivity (Wildman–Crippen MR) is 67.9 cm³/mol. The molecule has 0 saturated carbocycles. The molecular formula is C13H16N2O4. The number of likely N-dealkylation sites (tertiary alicyclic amines) is 1. The molecule has 0 bridgehead atoms. The highest BCUT2D eigenvalue weighted by Gasteiger charge is 2.30. The average molecular weight is 264 g/mol. The molecule has 1 aromatic rings. The molecule has 0 radical (unpaired) electrons. The maximum atomic E-state index is 12.0. The normalized spacial score (nSPS) is 18.7. The Kier molecular flexibility index (Phi) is 3.59. The number of nitrogens with one attached hydrogen (secondary N) is 1. The fraction of sp³-hybridized carbons (Fsp3) is 0.385. The summed E-state index contributed by atoms with van der Waals surface area (Å²) in [5.41, 5.74) is -0.162. The molecule has 1 aromatic carbocycles. The Morgan fingerprint density at radius 2 is 2.05 bits per heavy atom. The first-order valence-electron chi connectivity index (χ1n) is 6.12. The second-order valence-electron chi connectivity index (χ2n) is 4.48. The molecule has 6 heteroatoms. The van der Waals surface area contributed by atoms with E-state index < -0.39 is 5.91 Å². The van der Waals surface area contributed by atoms with Crippen molar-refractivity contribution in [3.05, 3.63) is 23.8 Å². The second-order valence-corrected chi connectivity index (χ2v) is 4.48. The fourth-order valence-corrected chi connectivity index (χ4v) is 2.19. The molecule has 6 nitrogen and oxygen atoms in total. The Balaban J connectivity index is 2.08. The Bertz CT molecular complexity index is 495. The van der Waals surface area contributed by atoms with Gasteiger partial charge in [-0.3, -0.25) is 9.59 Å². The van der Waals surface area contributed by atoms with Gasteiger partial charge in [0.1, 0.15) is 17.1 Å². The topological polar surface area (TPSA) is 89.9 Å². The van der Waals surface area contributed by atoms with Gasteiger partial charge in [0.2, 0.25) is 5.91 Å². The monoisotopic (exact) mass is 264 g/mol. The van der Waals surface area contributed by atoms with E-state index >= 15 is 0 Å². The van der Waals surface area contributed by atoms with Crippen molar-refractivity contribution in [2.45, 2.75) is 19.4 Å². The van der Waals surface area contributed by atoms with E-state index in [1.54, 1.807) is 4.90 Å². The molecule has 1 saturated heterocycles. The maximum Gasteiger partial charge on any atom is 0.259 e. The van der Waals surface area contributed by atoms with Gasteiger partial charge < -0.3 is 20.4 Å². The third-order valence-electron chi connectivity index (χ3n) is 3.18. The number of aromatic hydroxyl groups is 2. The number of carbonyl (C=O) groups is 2. The Hall–Kier alpha value is -2.24. The number of benzene rings is 1. The lowest BCUT2D eigenvalue weighted by Gasteiger charge is -2.15. The largest absolute Gasteiger partial charge is 0.507 e. The molecule has 0 aliphatic carbocycles. The van der Waals surface area contributed by atoms with Crippen LogP contribution in [0, 0.1) is 0 Å². The molecule has 0 unspecified atom stereocenters. The van der Waals surface area contributed by atoms with Crippen LogP contribution in [0.1, 0.15) is 23.7 Å². The van der Waals surface area contributed by atoms with E-state index in [0.29, 0.717) is 13.1 Å². The van der Waals surface area contributed by atoms with Crippen molar-refractivity contribution in [2.24, 2.45) is 0 Å². The summed E-state index contributed by atoms with van der Waals surface area (Å²) in [6.45, 7) is 2.93. The molecule has 2 rings (SSSR count). The first-order chi connectivity index (χ1) is 9.02. The molecule has 1 aliphatic heterocycles. The highest BCUT2D eigenvalue weighted by atomic mass is 16.3. The van der Waals surface area contributed by atoms with Gasteiger partial charge >= 0.3 is 0 Å². The molecule has 0 aromatic heterocycles. The van der Waals surface area contributed by atoms with E-state index in [2.05, 4.69) is 5.32 Å². The van der Waals surface area contributed by atoms with Crippen molar-refractivity contribution in [3.8, 4) is 11.5 Å². The molecule has 1 fully saturated rings. The zero-order valence-electron chi connectivity index (χ0n) is 10.6. The van der Waals surface area contributed by atoms with E-state index in [-0.39, 0.29) is 35.4 Å². The molecule has 102 valence electrons. The fourth-order valence-electron chi connectivity index (χ4n) is 2.19. The van der Waals surface area contributed by atoms with E-state index in [4.69, 9.17) is 0 Å². The number of rotatable bonds is 3. The van der Waals surface area contributed by atoms with Gasteiger partial charge in [0.25, 0.3) is 5.91 Å². The van der Waals surface area contributed by atoms with E-state index in [1.807, 2.05) is 6.92 Å². The van der Waals surface area contributed by atoms with Crippen LogP contribution in [0.4, 0.5) is 0 Å². The number of hydrogen-bond acceptors (Lipinski definition) is 4. The minimum atomic E-state index is -0.577. The summed E-state index contributed by atoms with van der Waals surface area (Å²) >= 11 is 0. The lowest BCUT2D eigenvalue weighted by molar-refractivity contribution is -0.127. The lowest BCUT2D eigenvalue weighted by atomic mass is 10.1. The zero-order chi connectivity index (χ0) is 14.0. The van der Waals surface area contributed by atoms with E-state index in [0.717, 1.165) is 0 Å². The Labute approximate surface area is 110 Å². The number of likely N-dealkylation sites (N-methyl/N-ethyl adjacent to an activating group) is 1. The van der Waals surface area contributed by atoms with Crippen LogP contribution in [-0.2, 0) is 4.79 Å². The van der Waals surface area contributed by atoms with Gasteiger partial charge in [-0.25, -0.2) is 0 Å². The van der Waals surface area contributed by atoms with Crippen LogP contribution in [-0.4, -0.2) is 46.1 Å². The van der Waals surface area contributed by atoms with Gasteiger partial charge in [0, 0.05) is 19.5 Å². The molecule has 0 spiro atoms. The predicted octanol–water partition coefficient (Wildman–Crippen LogP) is 0.448. The zero-order valence-corrected chi connectivity index (χ0v) is 10.6. The molecule has 1 aliphatic rings. The van der Waals surface area contributed by atoms with Crippen molar-refractivity contribution in [1.29, 1.82) is 0 Å². The molecule has 1 atom stereocenters. The molecule has 1 heterocycles. The molecule has 19 heavy (non-hydrogen) atoms. The van der Waals surface area contributed by atoms with Crippen LogP contribution in [0.25, 0.3) is 0 Å². The van der Waals surface area contributed by atoms with Crippen molar-refractivity contribution in [2.75, 3.05) is 13.1 Å². The first kappa shape index (κ1) is 13.2. The Morgan fingerprint density at radius 3 is 2.58 bits per heavy atom. The standard InChI is InChI=1S/C13H16N2O4/c1-2-15-7-8(6-11(15)18)14-13(19)12-9(16)4-3-5-10(12)17/h3-5,8,16-17H,2,6-7H2,1H3,(H,14,19)/t8-/m0/s1. The molecule has 3 N–H and O–H groups in total. The van der Waals surface area contributed by atoms with Crippen LogP contribution in [0.3, 0.4) is 0 Å². The highest BCUT2D eigenvalue weighted by molar-refractivity contribution is 6.00. The van der Waals surface area contributed by atoms with Gasteiger partial charge in [-0.05, 0) is 19.1 Å². The minimum Gasteiger partial charge on any atom is -0.507 e. The lowest BCUT2D eigenvalue weighted by Crippen LogP contribution is -2.37. The summed E-state index contributed by atoms with van der Waals surface area (Å²) in [7, 11) is 0. The van der Waals surface area contributed by atoms with Gasteiger partial charge in [-0.2, -0.15) is 0 Å². The smallest absolute Gasteiger partial charge is 0.259 e. The van der Waals surface area contributed by atoms with Crippen LogP contribution in [0.5, 0.6) is 11.5 Å². The van der Waals surface area contributed by atoms with Crippen molar-refractivity contribution < 1.29 is 19.8 Å². The summed E-state index contributed by atoms with van der Waals surface area (Å²) in [6, 6.07) is 3.80. The number of amides is 2. The van der Waals surface area contributed by atoms with Gasteiger partial charge in [0.15, 0.2) is 0 Å². The third kappa shape index (κ3) is 2.62. The van der Waals surface area contributed by atoms with Crippen LogP contribution >= 0.6 is 0 Å². The summed E-state index contributed by atoms with van der Waals surface area (Å²) in [6.07, 6.45) is 0.244. The van der Waals surface area contributed by atoms with Crippen LogP contribution in [0.15, 0.2) is 18.2 Å². The number of phenols is 2.